The molecule has 2 N–H and O–H groups in total. The molecule has 1 aliphatic rings. The average Bonchev–Trinajstić information content (AvgIpc) is 3.02. The number of carbonyl (C=O) groups is 2. The minimum atomic E-state index is -4.58. The summed E-state index contributed by atoms with van der Waals surface area (Å²) in [5, 5.41) is 12.3. The first kappa shape index (κ1) is 32.0. The van der Waals surface area contributed by atoms with Gasteiger partial charge in [0.25, 0.3) is 5.91 Å². The normalized spacial score (nSPS) is 15.4. The minimum absolute atomic E-state index is 0.0374. The summed E-state index contributed by atoms with van der Waals surface area (Å²) in [6.45, 7) is 4.61. The van der Waals surface area contributed by atoms with Gasteiger partial charge in [-0.05, 0) is 42.8 Å². The third kappa shape index (κ3) is 8.79. The Balaban J connectivity index is 1.57. The van der Waals surface area contributed by atoms with Gasteiger partial charge in [0.15, 0.2) is 0 Å². The van der Waals surface area contributed by atoms with Crippen molar-refractivity contribution < 1.29 is 27.9 Å². The van der Waals surface area contributed by atoms with E-state index in [0.717, 1.165) is 42.0 Å². The number of aryl methyl sites for hydroxylation is 1. The second-order valence-corrected chi connectivity index (χ2v) is 10.4. The number of amides is 1. The number of halogens is 3. The molecule has 1 amide bonds. The number of carboxylic acid groups (broad SMARTS) is 1. The zero-order valence-corrected chi connectivity index (χ0v) is 24.5. The lowest BCUT2D eigenvalue weighted by Gasteiger charge is -2.35. The molecule has 4 rings (SSSR count). The van der Waals surface area contributed by atoms with E-state index in [0.29, 0.717) is 13.1 Å². The van der Waals surface area contributed by atoms with Crippen LogP contribution in [0.1, 0.15) is 22.3 Å². The van der Waals surface area contributed by atoms with E-state index in [1.165, 1.54) is 25.3 Å². The van der Waals surface area contributed by atoms with Gasteiger partial charge in [-0.25, -0.2) is 9.79 Å². The number of carboxylic acids is 1. The molecule has 0 bridgehead atoms. The van der Waals surface area contributed by atoms with Crippen LogP contribution < -0.4 is 10.2 Å². The topological polar surface area (TPSA) is 97.6 Å². The van der Waals surface area contributed by atoms with Crippen molar-refractivity contribution in [1.82, 2.24) is 10.2 Å². The first-order valence-electron chi connectivity index (χ1n) is 14.1. The smallest absolute Gasteiger partial charge is 0.416 e. The van der Waals surface area contributed by atoms with E-state index in [-0.39, 0.29) is 23.4 Å². The van der Waals surface area contributed by atoms with Crippen LogP contribution in [0.4, 0.5) is 18.9 Å². The number of piperazine rings is 1. The number of hydrogen-bond donors (Lipinski definition) is 2. The molecule has 3 aromatic rings. The van der Waals surface area contributed by atoms with Crippen molar-refractivity contribution in [2.75, 3.05) is 38.1 Å². The number of nitrogens with one attached hydrogen (secondary N) is 1. The van der Waals surface area contributed by atoms with Crippen LogP contribution in [0.15, 0.2) is 94.9 Å². The minimum Gasteiger partial charge on any atom is -0.480 e. The molecule has 8 nitrogen and oxygen atoms in total. The molecule has 0 spiro atoms. The SMILES string of the molecule is CN=C(/C=C(\N=CN1CCN(c2ccccc2)CC1)c1cccc(C(F)(F)F)c1)C(=O)NC(Cc1ccc(C)cc1)C(=O)O. The highest BCUT2D eigenvalue weighted by Crippen LogP contribution is 2.31. The fraction of sp³-hybridized carbons (Fsp3) is 0.273. The zero-order chi connectivity index (χ0) is 31.7. The Morgan fingerprint density at radius 1 is 0.977 bits per heavy atom. The molecule has 44 heavy (non-hydrogen) atoms. The van der Waals surface area contributed by atoms with Gasteiger partial charge in [0.05, 0.1) is 17.6 Å². The molecule has 3 aromatic carbocycles. The van der Waals surface area contributed by atoms with Crippen molar-refractivity contribution in [3.63, 3.8) is 0 Å². The number of rotatable bonds is 10. The predicted octanol–water partition coefficient (Wildman–Crippen LogP) is 5.09. The molecule has 1 atom stereocenters. The number of nitrogens with zero attached hydrogens (tertiary/aromatic N) is 4. The van der Waals surface area contributed by atoms with Gasteiger partial charge >= 0.3 is 12.1 Å². The van der Waals surface area contributed by atoms with Crippen molar-refractivity contribution in [2.24, 2.45) is 9.98 Å². The fourth-order valence-electron chi connectivity index (χ4n) is 4.68. The molecule has 0 aromatic heterocycles. The maximum atomic E-state index is 13.5. The fourth-order valence-corrected chi connectivity index (χ4v) is 4.68. The number of alkyl halides is 3. The van der Waals surface area contributed by atoms with Crippen LogP contribution in [-0.2, 0) is 22.2 Å². The summed E-state index contributed by atoms with van der Waals surface area (Å²) in [7, 11) is 1.34. The van der Waals surface area contributed by atoms with Crippen molar-refractivity contribution >= 4 is 35.3 Å². The number of hydrogen-bond acceptors (Lipinski definition) is 5. The highest BCUT2D eigenvalue weighted by Gasteiger charge is 2.31. The monoisotopic (exact) mass is 605 g/mol. The highest BCUT2D eigenvalue weighted by molar-refractivity contribution is 6.44. The van der Waals surface area contributed by atoms with Crippen LogP contribution >= 0.6 is 0 Å². The standard InChI is InChI=1S/C33H34F3N5O3/c1-23-11-13-24(14-12-23)19-30(32(43)44)39-31(42)29(37-2)21-28(25-7-6-8-26(20-25)33(34,35)36)38-22-40-15-17-41(18-16-40)27-9-4-3-5-10-27/h3-14,20-22,30H,15-19H2,1-2H3,(H,39,42)(H,43,44)/b28-21-,37-29?,38-22?. The molecule has 230 valence electrons. The molecular formula is C33H34F3N5O3. The van der Waals surface area contributed by atoms with Crippen LogP contribution in [-0.4, -0.2) is 73.2 Å². The van der Waals surface area contributed by atoms with E-state index in [2.05, 4.69) is 20.2 Å². The Hall–Kier alpha value is -4.93. The molecule has 1 aliphatic heterocycles. The van der Waals surface area contributed by atoms with E-state index >= 15 is 0 Å². The molecule has 11 heteroatoms. The van der Waals surface area contributed by atoms with Crippen molar-refractivity contribution in [3.05, 3.63) is 107 Å². The Bertz CT molecular complexity index is 1530. The van der Waals surface area contributed by atoms with Gasteiger partial charge in [-0.15, -0.1) is 0 Å². The van der Waals surface area contributed by atoms with Crippen LogP contribution in [0, 0.1) is 6.92 Å². The van der Waals surface area contributed by atoms with Crippen molar-refractivity contribution in [2.45, 2.75) is 25.6 Å². The molecule has 1 heterocycles. The summed E-state index contributed by atoms with van der Waals surface area (Å²) in [5.41, 5.74) is 1.98. The van der Waals surface area contributed by atoms with Crippen molar-refractivity contribution in [1.29, 1.82) is 0 Å². The Morgan fingerprint density at radius 2 is 1.66 bits per heavy atom. The van der Waals surface area contributed by atoms with E-state index in [1.807, 2.05) is 54.3 Å². The lowest BCUT2D eigenvalue weighted by atomic mass is 10.0. The number of aliphatic imine (C=N–C) groups is 2. The lowest BCUT2D eigenvalue weighted by molar-refractivity contribution is -0.141. The number of carbonyl (C=O) groups excluding carboxylic acids is 1. The quantitative estimate of drug-likeness (QED) is 0.248. The summed E-state index contributed by atoms with van der Waals surface area (Å²) in [5.74, 6) is -2.02. The summed E-state index contributed by atoms with van der Waals surface area (Å²) in [6.07, 6.45) is -1.72. The largest absolute Gasteiger partial charge is 0.480 e. The van der Waals surface area contributed by atoms with Gasteiger partial charge in [0.1, 0.15) is 11.8 Å². The Morgan fingerprint density at radius 3 is 2.27 bits per heavy atom. The van der Waals surface area contributed by atoms with Crippen LogP contribution in [0.2, 0.25) is 0 Å². The van der Waals surface area contributed by atoms with Crippen LogP contribution in [0.5, 0.6) is 0 Å². The predicted molar refractivity (Wildman–Crippen MR) is 166 cm³/mol. The summed E-state index contributed by atoms with van der Waals surface area (Å²) >= 11 is 0. The molecular weight excluding hydrogens is 571 g/mol. The third-order valence-electron chi connectivity index (χ3n) is 7.19. The maximum Gasteiger partial charge on any atom is 0.416 e. The van der Waals surface area contributed by atoms with E-state index in [9.17, 15) is 27.9 Å². The van der Waals surface area contributed by atoms with Gasteiger partial charge in [0.2, 0.25) is 0 Å². The molecule has 0 aliphatic carbocycles. The van der Waals surface area contributed by atoms with Gasteiger partial charge in [0, 0.05) is 50.9 Å². The van der Waals surface area contributed by atoms with E-state index in [4.69, 9.17) is 0 Å². The summed E-state index contributed by atoms with van der Waals surface area (Å²) in [6, 6.07) is 20.6. The van der Waals surface area contributed by atoms with Gasteiger partial charge < -0.3 is 20.2 Å². The molecule has 1 unspecified atom stereocenters. The first-order valence-corrected chi connectivity index (χ1v) is 14.1. The Labute approximate surface area is 254 Å². The molecule has 1 saturated heterocycles. The Kier molecular flexibility index (Phi) is 10.5. The van der Waals surface area contributed by atoms with Gasteiger partial charge in [-0.1, -0.05) is 60.2 Å². The highest BCUT2D eigenvalue weighted by atomic mass is 19.4. The third-order valence-corrected chi connectivity index (χ3v) is 7.19. The number of benzene rings is 3. The number of para-hydroxylation sites is 1. The van der Waals surface area contributed by atoms with Crippen LogP contribution in [0.3, 0.4) is 0 Å². The second-order valence-electron chi connectivity index (χ2n) is 10.4. The molecule has 1 fully saturated rings. The maximum absolute atomic E-state index is 13.5. The molecule has 0 radical (unpaired) electrons. The lowest BCUT2D eigenvalue weighted by Crippen LogP contribution is -2.45. The zero-order valence-electron chi connectivity index (χ0n) is 24.5. The van der Waals surface area contributed by atoms with Gasteiger partial charge in [-0.2, -0.15) is 13.2 Å². The summed E-state index contributed by atoms with van der Waals surface area (Å²) in [4.78, 5) is 37.9. The van der Waals surface area contributed by atoms with Crippen LogP contribution in [0.25, 0.3) is 5.70 Å². The van der Waals surface area contributed by atoms with E-state index < -0.39 is 29.7 Å². The molecule has 0 saturated carbocycles. The van der Waals surface area contributed by atoms with Crippen molar-refractivity contribution in [3.8, 4) is 0 Å². The average molecular weight is 606 g/mol. The number of anilines is 1. The van der Waals surface area contributed by atoms with E-state index in [1.54, 1.807) is 18.5 Å². The van der Waals surface area contributed by atoms with Gasteiger partial charge in [-0.3, -0.25) is 9.79 Å². The number of aliphatic carboxylic acids is 1. The second kappa shape index (κ2) is 14.5. The first-order chi connectivity index (χ1) is 21.0. The summed E-state index contributed by atoms with van der Waals surface area (Å²) < 4.78 is 40.6.